The minimum absolute atomic E-state index is 0. The number of hydrogen-bond donors (Lipinski definition) is 2. The number of hydrogen-bond acceptors (Lipinski definition) is 2. The van der Waals surface area contributed by atoms with Gasteiger partial charge in [-0.3, -0.25) is 4.79 Å². The minimum Gasteiger partial charge on any atom is -1.00 e. The molecule has 1 saturated carbocycles. The molecule has 214 valence electrons. The lowest BCUT2D eigenvalue weighted by molar-refractivity contribution is -0.691. The first-order valence-electron chi connectivity index (χ1n) is 14.5. The smallest absolute Gasteiger partial charge is 0.233 e. The van der Waals surface area contributed by atoms with Crippen molar-refractivity contribution in [3.8, 4) is 5.75 Å². The first-order valence-corrected chi connectivity index (χ1v) is 14.8. The zero-order chi connectivity index (χ0) is 25.4. The maximum Gasteiger partial charge on any atom is 0.233 e. The highest BCUT2D eigenvalue weighted by Gasteiger charge is 2.58. The number of rotatable bonds is 4. The largest absolute Gasteiger partial charge is 1.00 e. The molecule has 3 heterocycles. The Morgan fingerprint density at radius 3 is 2.49 bits per heavy atom. The fourth-order valence-corrected chi connectivity index (χ4v) is 8.65. The molecule has 0 aromatic heterocycles. The fourth-order valence-electron chi connectivity index (χ4n) is 8.29. The van der Waals surface area contributed by atoms with E-state index in [1.54, 1.807) is 7.11 Å². The number of carbonyl (C=O) groups is 1. The predicted molar refractivity (Wildman–Crippen MR) is 146 cm³/mol. The van der Waals surface area contributed by atoms with E-state index in [1.807, 2.05) is 12.1 Å². The van der Waals surface area contributed by atoms with Gasteiger partial charge in [0.1, 0.15) is 23.6 Å². The van der Waals surface area contributed by atoms with Gasteiger partial charge < -0.3 is 45.1 Å². The molecule has 4 atom stereocenters. The summed E-state index contributed by atoms with van der Waals surface area (Å²) in [5.74, 6) is 2.39. The molecule has 0 bridgehead atoms. The van der Waals surface area contributed by atoms with E-state index < -0.39 is 0 Å². The molecular weight excluding hydrogens is 553 g/mol. The number of halogens is 3. The summed E-state index contributed by atoms with van der Waals surface area (Å²) < 4.78 is 5.75. The first kappa shape index (κ1) is 30.5. The number of benzene rings is 2. The van der Waals surface area contributed by atoms with Crippen molar-refractivity contribution < 1.29 is 45.0 Å². The lowest BCUT2D eigenvalue weighted by Crippen LogP contribution is -3.00. The number of likely N-dealkylation sites (tertiary alicyclic amines) is 1. The Bertz CT molecular complexity index is 1130. The quantitative estimate of drug-likeness (QED) is 0.403. The van der Waals surface area contributed by atoms with E-state index in [0.717, 1.165) is 56.3 Å². The van der Waals surface area contributed by atoms with Gasteiger partial charge in [-0.1, -0.05) is 61.2 Å². The van der Waals surface area contributed by atoms with E-state index in [4.69, 9.17) is 16.3 Å². The Kier molecular flexibility index (Phi) is 10.1. The summed E-state index contributed by atoms with van der Waals surface area (Å²) in [6, 6.07) is 15.3. The standard InChI is InChI=1S/C31H40ClN3O2.2ClH/c1-37-28-13-12-26(32)29-24(28)17-33-19-31(29)20-34-18-25(31)30(36)35-15-14-23(21-8-4-2-5-9-21)16-27(35)22-10-6-3-7-11-22;;/h2,4-5,8-9,12-13,22-23,25,27,33-34H,3,6-7,10-11,14-20H2,1H3;2*1H/t23-,25+,27+,31-;;/m1../s1. The Balaban J connectivity index is 0.00000176. The number of piperidine rings is 1. The average molecular weight is 595 g/mol. The van der Waals surface area contributed by atoms with Gasteiger partial charge in [-0.05, 0) is 55.2 Å². The summed E-state index contributed by atoms with van der Waals surface area (Å²) >= 11 is 6.93. The second-order valence-corrected chi connectivity index (χ2v) is 12.3. The highest BCUT2D eigenvalue weighted by molar-refractivity contribution is 6.31. The third-order valence-electron chi connectivity index (χ3n) is 10.1. The Morgan fingerprint density at radius 2 is 1.74 bits per heavy atom. The van der Waals surface area contributed by atoms with E-state index in [-0.39, 0.29) is 36.1 Å². The summed E-state index contributed by atoms with van der Waals surface area (Å²) in [7, 11) is 1.74. The van der Waals surface area contributed by atoms with E-state index >= 15 is 0 Å². The number of ether oxygens (including phenoxy) is 1. The molecule has 4 aliphatic rings. The Morgan fingerprint density at radius 1 is 1.00 bits per heavy atom. The molecule has 8 heteroatoms. The molecule has 4 N–H and O–H groups in total. The number of quaternary nitrogens is 2. The van der Waals surface area contributed by atoms with Gasteiger partial charge in [-0.2, -0.15) is 0 Å². The summed E-state index contributed by atoms with van der Waals surface area (Å²) in [6.45, 7) is 4.39. The van der Waals surface area contributed by atoms with Crippen LogP contribution in [-0.4, -0.2) is 50.1 Å². The van der Waals surface area contributed by atoms with Crippen LogP contribution in [0.1, 0.15) is 67.6 Å². The molecule has 6 rings (SSSR count). The minimum atomic E-state index is -0.246. The number of carbonyl (C=O) groups excluding carboxylic acids is 1. The highest BCUT2D eigenvalue weighted by atomic mass is 35.5. The molecule has 1 spiro atoms. The van der Waals surface area contributed by atoms with Gasteiger partial charge in [-0.25, -0.2) is 0 Å². The molecule has 2 aromatic rings. The van der Waals surface area contributed by atoms with Crippen molar-refractivity contribution >= 4 is 17.5 Å². The first-order chi connectivity index (χ1) is 18.1. The van der Waals surface area contributed by atoms with Crippen LogP contribution >= 0.6 is 11.6 Å². The molecule has 2 aromatic carbocycles. The summed E-state index contributed by atoms with van der Waals surface area (Å²) in [6.07, 6.45) is 8.62. The topological polar surface area (TPSA) is 62.8 Å². The predicted octanol–water partition coefficient (Wildman–Crippen LogP) is -2.78. The number of nitrogens with two attached hydrogens (primary N) is 2. The lowest BCUT2D eigenvalue weighted by atomic mass is 9.67. The van der Waals surface area contributed by atoms with Gasteiger partial charge in [0, 0.05) is 23.2 Å². The highest BCUT2D eigenvalue weighted by Crippen LogP contribution is 2.46. The molecule has 2 saturated heterocycles. The molecule has 0 unspecified atom stereocenters. The summed E-state index contributed by atoms with van der Waals surface area (Å²) in [5.41, 5.74) is 3.55. The van der Waals surface area contributed by atoms with Crippen molar-refractivity contribution in [1.82, 2.24) is 4.90 Å². The molecule has 1 aliphatic carbocycles. The second-order valence-electron chi connectivity index (χ2n) is 11.9. The molecule has 39 heavy (non-hydrogen) atoms. The number of nitrogens with zero attached hydrogens (tertiary/aromatic N) is 1. The van der Waals surface area contributed by atoms with E-state index in [1.165, 1.54) is 48.8 Å². The van der Waals surface area contributed by atoms with Crippen LogP contribution in [0, 0.1) is 11.8 Å². The zero-order valence-electron chi connectivity index (χ0n) is 22.9. The normalized spacial score (nSPS) is 28.8. The van der Waals surface area contributed by atoms with Crippen LogP contribution in [0.2, 0.25) is 5.02 Å². The molecule has 3 fully saturated rings. The van der Waals surface area contributed by atoms with Gasteiger partial charge >= 0.3 is 0 Å². The van der Waals surface area contributed by atoms with Crippen LogP contribution in [0.15, 0.2) is 42.5 Å². The zero-order valence-corrected chi connectivity index (χ0v) is 25.2. The van der Waals surface area contributed by atoms with Crippen molar-refractivity contribution in [3.63, 3.8) is 0 Å². The third-order valence-corrected chi connectivity index (χ3v) is 10.4. The second kappa shape index (κ2) is 13.0. The van der Waals surface area contributed by atoms with E-state index in [2.05, 4.69) is 45.9 Å². The number of methoxy groups -OCH3 is 1. The molecular formula is C31H42Cl3N3O2. The fraction of sp³-hybridized carbons (Fsp3) is 0.581. The summed E-state index contributed by atoms with van der Waals surface area (Å²) in [5, 5.41) is 5.51. The van der Waals surface area contributed by atoms with Crippen molar-refractivity contribution in [2.75, 3.05) is 33.3 Å². The van der Waals surface area contributed by atoms with Crippen molar-refractivity contribution in [2.24, 2.45) is 11.8 Å². The molecule has 5 nitrogen and oxygen atoms in total. The summed E-state index contributed by atoms with van der Waals surface area (Å²) in [4.78, 5) is 17.0. The van der Waals surface area contributed by atoms with Gasteiger partial charge in [0.2, 0.25) is 5.91 Å². The SMILES string of the molecule is COc1ccc(Cl)c2c1C[NH2+]C[C@]21C[NH2+]C[C@H]1C(=O)N1CC[C@@H](c2ccccc2)C[C@H]1C1CCCCC1.[Cl-].[Cl-]. The maximum atomic E-state index is 14.7. The average Bonchev–Trinajstić information content (AvgIpc) is 3.37. The van der Waals surface area contributed by atoms with Gasteiger partial charge in [0.15, 0.2) is 0 Å². The van der Waals surface area contributed by atoms with Crippen LogP contribution in [0.5, 0.6) is 5.75 Å². The number of amides is 1. The van der Waals surface area contributed by atoms with E-state index in [0.29, 0.717) is 23.8 Å². The Labute approximate surface area is 250 Å². The third kappa shape index (κ3) is 5.55. The van der Waals surface area contributed by atoms with Gasteiger partial charge in [0.25, 0.3) is 0 Å². The van der Waals surface area contributed by atoms with Crippen LogP contribution < -0.4 is 40.2 Å². The molecule has 1 amide bonds. The van der Waals surface area contributed by atoms with Crippen LogP contribution in [0.4, 0.5) is 0 Å². The Hall–Kier alpha value is -1.50. The van der Waals surface area contributed by atoms with Crippen molar-refractivity contribution in [2.45, 2.75) is 68.9 Å². The van der Waals surface area contributed by atoms with Gasteiger partial charge in [0.05, 0.1) is 32.3 Å². The lowest BCUT2D eigenvalue weighted by Gasteiger charge is -2.47. The maximum absolute atomic E-state index is 14.7. The molecule has 3 aliphatic heterocycles. The monoisotopic (exact) mass is 593 g/mol. The van der Waals surface area contributed by atoms with Crippen molar-refractivity contribution in [1.29, 1.82) is 0 Å². The van der Waals surface area contributed by atoms with Crippen LogP contribution in [0.3, 0.4) is 0 Å². The van der Waals surface area contributed by atoms with Crippen LogP contribution in [-0.2, 0) is 16.8 Å². The molecule has 0 radical (unpaired) electrons. The van der Waals surface area contributed by atoms with Crippen LogP contribution in [0.25, 0.3) is 0 Å². The van der Waals surface area contributed by atoms with Gasteiger partial charge in [-0.15, -0.1) is 0 Å². The van der Waals surface area contributed by atoms with E-state index in [9.17, 15) is 4.79 Å². The number of fused-ring (bicyclic) bond motifs is 2. The van der Waals surface area contributed by atoms with Crippen molar-refractivity contribution in [3.05, 3.63) is 64.2 Å².